The quantitative estimate of drug-likeness (QED) is 0.748. The normalized spacial score (nSPS) is 20.5. The van der Waals surface area contributed by atoms with Crippen LogP contribution in [0.3, 0.4) is 0 Å². The lowest BCUT2D eigenvalue weighted by atomic mass is 10.0. The Morgan fingerprint density at radius 1 is 1.32 bits per heavy atom. The molecule has 0 saturated carbocycles. The number of hydrogen-bond acceptors (Lipinski definition) is 5. The number of morpholine rings is 1. The van der Waals surface area contributed by atoms with Gasteiger partial charge in [0.1, 0.15) is 5.82 Å². The maximum atomic E-state index is 13.6. The van der Waals surface area contributed by atoms with E-state index < -0.39 is 11.8 Å². The van der Waals surface area contributed by atoms with Gasteiger partial charge < -0.3 is 15.0 Å². The second kappa shape index (κ2) is 7.60. The monoisotopic (exact) mass is 349 g/mol. The lowest BCUT2D eigenvalue weighted by Gasteiger charge is -2.30. The molecule has 7 nitrogen and oxygen atoms in total. The lowest BCUT2D eigenvalue weighted by Crippen LogP contribution is -2.37. The minimum Gasteiger partial charge on any atom is -0.378 e. The summed E-state index contributed by atoms with van der Waals surface area (Å²) in [6.45, 7) is 2.78. The first kappa shape index (κ1) is 17.3. The Morgan fingerprint density at radius 2 is 2.08 bits per heavy atom. The summed E-state index contributed by atoms with van der Waals surface area (Å²) in [7, 11) is 0. The molecule has 2 fully saturated rings. The fourth-order valence-corrected chi connectivity index (χ4v) is 3.07. The first-order chi connectivity index (χ1) is 12.0. The van der Waals surface area contributed by atoms with E-state index in [0.29, 0.717) is 31.9 Å². The van der Waals surface area contributed by atoms with Gasteiger partial charge in [0.05, 0.1) is 19.1 Å². The zero-order valence-electron chi connectivity index (χ0n) is 13.7. The standard InChI is InChI=1S/C17H20FN3O4/c18-13-1-2-14(21-3-5-25-6-4-21)12(7-13)10-19-15(22)8-11-9-16(23)20-17(11)24/h1-2,7,11H,3-6,8-10H2,(H,19,22)(H,20,23,24). The third kappa shape index (κ3) is 4.33. The van der Waals surface area contributed by atoms with Crippen molar-refractivity contribution in [2.24, 2.45) is 5.92 Å². The largest absolute Gasteiger partial charge is 0.378 e. The van der Waals surface area contributed by atoms with Crippen LogP contribution >= 0.6 is 0 Å². The molecule has 2 saturated heterocycles. The number of rotatable bonds is 5. The van der Waals surface area contributed by atoms with Crippen molar-refractivity contribution in [2.45, 2.75) is 19.4 Å². The molecule has 1 atom stereocenters. The van der Waals surface area contributed by atoms with E-state index in [0.717, 1.165) is 5.69 Å². The molecule has 2 N–H and O–H groups in total. The molecule has 1 aromatic rings. The predicted octanol–water partition coefficient (Wildman–Crippen LogP) is 0.331. The van der Waals surface area contributed by atoms with Crippen LogP contribution < -0.4 is 15.5 Å². The third-order valence-electron chi connectivity index (χ3n) is 4.37. The Hall–Kier alpha value is -2.48. The molecular weight excluding hydrogens is 329 g/mol. The number of benzene rings is 1. The molecule has 0 radical (unpaired) electrons. The molecule has 2 heterocycles. The summed E-state index contributed by atoms with van der Waals surface area (Å²) in [5.74, 6) is -2.12. The van der Waals surface area contributed by atoms with Crippen LogP contribution in [0.1, 0.15) is 18.4 Å². The van der Waals surface area contributed by atoms with E-state index in [1.54, 1.807) is 6.07 Å². The smallest absolute Gasteiger partial charge is 0.230 e. The molecule has 0 aliphatic carbocycles. The first-order valence-corrected chi connectivity index (χ1v) is 8.24. The van der Waals surface area contributed by atoms with Crippen LogP contribution in [0.25, 0.3) is 0 Å². The number of amides is 3. The summed E-state index contributed by atoms with van der Waals surface area (Å²) >= 11 is 0. The molecule has 134 valence electrons. The van der Waals surface area contributed by atoms with Gasteiger partial charge in [-0.1, -0.05) is 0 Å². The zero-order chi connectivity index (χ0) is 17.8. The van der Waals surface area contributed by atoms with Crippen molar-refractivity contribution < 1.29 is 23.5 Å². The molecule has 25 heavy (non-hydrogen) atoms. The molecule has 0 spiro atoms. The van der Waals surface area contributed by atoms with Gasteiger partial charge in [-0.3, -0.25) is 19.7 Å². The minimum absolute atomic E-state index is 0.0330. The number of imide groups is 1. The van der Waals surface area contributed by atoms with E-state index in [2.05, 4.69) is 15.5 Å². The molecule has 8 heteroatoms. The number of anilines is 1. The Kier molecular flexibility index (Phi) is 5.28. The molecule has 0 bridgehead atoms. The predicted molar refractivity (Wildman–Crippen MR) is 87.2 cm³/mol. The van der Waals surface area contributed by atoms with Crippen LogP contribution in [-0.4, -0.2) is 44.0 Å². The second-order valence-corrected chi connectivity index (χ2v) is 6.17. The highest BCUT2D eigenvalue weighted by Crippen LogP contribution is 2.23. The van der Waals surface area contributed by atoms with Gasteiger partial charge in [0.2, 0.25) is 17.7 Å². The number of carbonyl (C=O) groups is 3. The highest BCUT2D eigenvalue weighted by atomic mass is 19.1. The molecule has 1 aromatic carbocycles. The van der Waals surface area contributed by atoms with E-state index in [9.17, 15) is 18.8 Å². The summed E-state index contributed by atoms with van der Waals surface area (Å²) in [5.41, 5.74) is 1.53. The highest BCUT2D eigenvalue weighted by molar-refractivity contribution is 6.04. The van der Waals surface area contributed by atoms with Gasteiger partial charge in [0, 0.05) is 38.2 Å². The third-order valence-corrected chi connectivity index (χ3v) is 4.37. The molecule has 0 aromatic heterocycles. The molecule has 1 unspecified atom stereocenters. The van der Waals surface area contributed by atoms with Gasteiger partial charge in [-0.25, -0.2) is 4.39 Å². The van der Waals surface area contributed by atoms with Crippen LogP contribution in [0, 0.1) is 11.7 Å². The maximum absolute atomic E-state index is 13.6. The number of halogens is 1. The van der Waals surface area contributed by atoms with E-state index in [1.807, 2.05) is 0 Å². The van der Waals surface area contributed by atoms with Crippen molar-refractivity contribution in [3.05, 3.63) is 29.6 Å². The van der Waals surface area contributed by atoms with Crippen LogP contribution in [0.15, 0.2) is 18.2 Å². The van der Waals surface area contributed by atoms with Gasteiger partial charge in [-0.15, -0.1) is 0 Å². The highest BCUT2D eigenvalue weighted by Gasteiger charge is 2.32. The van der Waals surface area contributed by atoms with Crippen molar-refractivity contribution in [1.29, 1.82) is 0 Å². The van der Waals surface area contributed by atoms with E-state index in [4.69, 9.17) is 4.74 Å². The molecular formula is C17H20FN3O4. The molecule has 2 aliphatic heterocycles. The number of nitrogens with one attached hydrogen (secondary N) is 2. The summed E-state index contributed by atoms with van der Waals surface area (Å²) in [6, 6.07) is 4.49. The Bertz CT molecular complexity index is 688. The first-order valence-electron chi connectivity index (χ1n) is 8.24. The van der Waals surface area contributed by atoms with Crippen LogP contribution in [0.2, 0.25) is 0 Å². The fourth-order valence-electron chi connectivity index (χ4n) is 3.07. The van der Waals surface area contributed by atoms with Gasteiger partial charge in [0.15, 0.2) is 0 Å². The van der Waals surface area contributed by atoms with Crippen molar-refractivity contribution in [3.8, 4) is 0 Å². The van der Waals surface area contributed by atoms with Crippen molar-refractivity contribution in [3.63, 3.8) is 0 Å². The number of carbonyl (C=O) groups excluding carboxylic acids is 3. The SMILES string of the molecule is O=C(CC1CC(=O)NC1=O)NCc1cc(F)ccc1N1CCOCC1. The summed E-state index contributed by atoms with van der Waals surface area (Å²) in [5, 5.41) is 4.89. The minimum atomic E-state index is -0.626. The van der Waals surface area contributed by atoms with E-state index >= 15 is 0 Å². The lowest BCUT2D eigenvalue weighted by molar-refractivity contribution is -0.129. The maximum Gasteiger partial charge on any atom is 0.230 e. The summed E-state index contributed by atoms with van der Waals surface area (Å²) in [4.78, 5) is 36.8. The average Bonchev–Trinajstić information content (AvgIpc) is 2.91. The Morgan fingerprint density at radius 3 is 2.76 bits per heavy atom. The number of hydrogen-bond donors (Lipinski definition) is 2. The van der Waals surface area contributed by atoms with E-state index in [1.165, 1.54) is 12.1 Å². The van der Waals surface area contributed by atoms with Crippen molar-refractivity contribution >= 4 is 23.4 Å². The van der Waals surface area contributed by atoms with Crippen molar-refractivity contribution in [2.75, 3.05) is 31.2 Å². The van der Waals surface area contributed by atoms with Gasteiger partial charge in [0.25, 0.3) is 0 Å². The molecule has 3 amide bonds. The molecule has 3 rings (SSSR count). The van der Waals surface area contributed by atoms with Gasteiger partial charge >= 0.3 is 0 Å². The average molecular weight is 349 g/mol. The summed E-state index contributed by atoms with van der Waals surface area (Å²) < 4.78 is 18.9. The van der Waals surface area contributed by atoms with Gasteiger partial charge in [-0.2, -0.15) is 0 Å². The van der Waals surface area contributed by atoms with Gasteiger partial charge in [-0.05, 0) is 23.8 Å². The number of ether oxygens (including phenoxy) is 1. The van der Waals surface area contributed by atoms with Crippen molar-refractivity contribution in [1.82, 2.24) is 10.6 Å². The Labute approximate surface area is 144 Å². The van der Waals surface area contributed by atoms with E-state index in [-0.39, 0.29) is 37.0 Å². The summed E-state index contributed by atoms with van der Waals surface area (Å²) in [6.07, 6.45) is -0.0228. The molecule has 2 aliphatic rings. The zero-order valence-corrected chi connectivity index (χ0v) is 13.7. The van der Waals surface area contributed by atoms with Crippen LogP contribution in [0.5, 0.6) is 0 Å². The van der Waals surface area contributed by atoms with Crippen LogP contribution in [0.4, 0.5) is 10.1 Å². The second-order valence-electron chi connectivity index (χ2n) is 6.17. The number of nitrogens with zero attached hydrogens (tertiary/aromatic N) is 1. The Balaban J connectivity index is 1.62. The topological polar surface area (TPSA) is 87.7 Å². The fraction of sp³-hybridized carbons (Fsp3) is 0.471. The van der Waals surface area contributed by atoms with Crippen LogP contribution in [-0.2, 0) is 25.7 Å².